The Balaban J connectivity index is 2.09. The minimum absolute atomic E-state index is 0.0645. The first-order chi connectivity index (χ1) is 9.40. The number of fused-ring (bicyclic) bond motifs is 1. The second kappa shape index (κ2) is 5.07. The topological polar surface area (TPSA) is 62.5 Å². The van der Waals surface area contributed by atoms with Gasteiger partial charge < -0.3 is 10.4 Å². The molecule has 0 atom stereocenters. The molecule has 0 radical (unpaired) electrons. The third-order valence-corrected chi connectivity index (χ3v) is 2.90. The number of aliphatic hydroxyl groups excluding tert-OH is 1. The molecule has 0 bridgehead atoms. The number of hydrogen-bond donors (Lipinski definition) is 2. The number of aliphatic hydroxyl groups is 1. The van der Waals surface area contributed by atoms with Gasteiger partial charge in [0.15, 0.2) is 11.5 Å². The lowest BCUT2D eigenvalue weighted by Crippen LogP contribution is -2.08. The van der Waals surface area contributed by atoms with E-state index in [0.29, 0.717) is 12.4 Å². The lowest BCUT2D eigenvalue weighted by Gasteiger charge is -2.06. The van der Waals surface area contributed by atoms with Crippen molar-refractivity contribution in [1.82, 2.24) is 14.4 Å². The largest absolute Gasteiger partial charge is 0.395 e. The minimum Gasteiger partial charge on any atom is -0.395 e. The molecular weight excluding hydrogens is 240 g/mol. The van der Waals surface area contributed by atoms with Gasteiger partial charge in [0.2, 0.25) is 0 Å². The van der Waals surface area contributed by atoms with E-state index in [2.05, 4.69) is 15.3 Å². The molecule has 0 aliphatic heterocycles. The maximum atomic E-state index is 8.87. The summed E-state index contributed by atoms with van der Waals surface area (Å²) < 4.78 is 1.99. The molecule has 0 spiro atoms. The Bertz CT molecular complexity index is 678. The third kappa shape index (κ3) is 2.15. The van der Waals surface area contributed by atoms with Crippen LogP contribution in [0, 0.1) is 0 Å². The number of nitrogens with one attached hydrogen (secondary N) is 1. The van der Waals surface area contributed by atoms with Gasteiger partial charge in [0.05, 0.1) is 18.5 Å². The molecule has 0 unspecified atom stereocenters. The molecule has 19 heavy (non-hydrogen) atoms. The van der Waals surface area contributed by atoms with E-state index in [1.807, 2.05) is 47.1 Å². The Hall–Kier alpha value is -2.40. The highest BCUT2D eigenvalue weighted by Gasteiger charge is 2.09. The van der Waals surface area contributed by atoms with E-state index in [-0.39, 0.29) is 6.61 Å². The van der Waals surface area contributed by atoms with Crippen molar-refractivity contribution in [2.24, 2.45) is 0 Å². The van der Waals surface area contributed by atoms with E-state index in [9.17, 15) is 0 Å². The van der Waals surface area contributed by atoms with Gasteiger partial charge in [-0.15, -0.1) is 0 Å². The van der Waals surface area contributed by atoms with Gasteiger partial charge in [-0.3, -0.25) is 4.40 Å². The first kappa shape index (κ1) is 11.7. The molecule has 3 rings (SSSR count). The Morgan fingerprint density at radius 2 is 2.00 bits per heavy atom. The summed E-state index contributed by atoms with van der Waals surface area (Å²) in [4.78, 5) is 8.65. The van der Waals surface area contributed by atoms with Gasteiger partial charge in [-0.2, -0.15) is 0 Å². The lowest BCUT2D eigenvalue weighted by molar-refractivity contribution is 0.311. The van der Waals surface area contributed by atoms with E-state index in [4.69, 9.17) is 5.11 Å². The molecule has 0 saturated carbocycles. The fourth-order valence-corrected chi connectivity index (χ4v) is 2.04. The zero-order chi connectivity index (χ0) is 13.1. The van der Waals surface area contributed by atoms with E-state index in [1.54, 1.807) is 6.20 Å². The molecule has 96 valence electrons. The predicted molar refractivity (Wildman–Crippen MR) is 74.0 cm³/mol. The number of aromatic nitrogens is 3. The van der Waals surface area contributed by atoms with Crippen molar-refractivity contribution in [2.75, 3.05) is 18.5 Å². The van der Waals surface area contributed by atoms with Crippen molar-refractivity contribution in [3.63, 3.8) is 0 Å². The molecule has 0 saturated heterocycles. The maximum absolute atomic E-state index is 8.87. The molecular formula is C14H14N4O. The van der Waals surface area contributed by atoms with E-state index >= 15 is 0 Å². The van der Waals surface area contributed by atoms with Crippen LogP contribution in [0.2, 0.25) is 0 Å². The predicted octanol–water partition coefficient (Wildman–Crippen LogP) is 1.80. The molecule has 0 fully saturated rings. The van der Waals surface area contributed by atoms with Crippen LogP contribution in [0.3, 0.4) is 0 Å². The van der Waals surface area contributed by atoms with Gasteiger partial charge >= 0.3 is 0 Å². The molecule has 0 aliphatic rings. The molecule has 0 aliphatic carbocycles. The van der Waals surface area contributed by atoms with Gasteiger partial charge in [-0.1, -0.05) is 30.3 Å². The number of benzene rings is 1. The van der Waals surface area contributed by atoms with Gasteiger partial charge in [-0.25, -0.2) is 9.97 Å². The van der Waals surface area contributed by atoms with E-state index in [1.165, 1.54) is 0 Å². The standard InChI is InChI=1S/C14H14N4O/c19-9-7-16-13-14-17-10-12(18(14)8-6-15-13)11-4-2-1-3-5-11/h1-6,8,10,19H,7,9H2,(H,15,16). The maximum Gasteiger partial charge on any atom is 0.180 e. The van der Waals surface area contributed by atoms with Gasteiger partial charge in [0.1, 0.15) is 0 Å². The van der Waals surface area contributed by atoms with E-state index in [0.717, 1.165) is 16.9 Å². The highest BCUT2D eigenvalue weighted by molar-refractivity contribution is 5.70. The summed E-state index contributed by atoms with van der Waals surface area (Å²) in [6.07, 6.45) is 5.44. The summed E-state index contributed by atoms with van der Waals surface area (Å²) >= 11 is 0. The first-order valence-corrected chi connectivity index (χ1v) is 6.12. The van der Waals surface area contributed by atoms with Crippen LogP contribution in [0.15, 0.2) is 48.9 Å². The van der Waals surface area contributed by atoms with Crippen LogP contribution in [-0.4, -0.2) is 32.6 Å². The second-order valence-corrected chi connectivity index (χ2v) is 4.13. The van der Waals surface area contributed by atoms with Gasteiger partial charge in [0.25, 0.3) is 0 Å². The number of hydrogen-bond acceptors (Lipinski definition) is 4. The summed E-state index contributed by atoms with van der Waals surface area (Å²) in [7, 11) is 0. The minimum atomic E-state index is 0.0645. The van der Waals surface area contributed by atoms with Crippen molar-refractivity contribution in [2.45, 2.75) is 0 Å². The van der Waals surface area contributed by atoms with Crippen LogP contribution in [0.5, 0.6) is 0 Å². The Kier molecular flexibility index (Phi) is 3.12. The van der Waals surface area contributed by atoms with Crippen LogP contribution in [-0.2, 0) is 0 Å². The van der Waals surface area contributed by atoms with Crippen molar-refractivity contribution >= 4 is 11.5 Å². The molecule has 5 nitrogen and oxygen atoms in total. The number of rotatable bonds is 4. The van der Waals surface area contributed by atoms with Gasteiger partial charge in [0, 0.05) is 24.5 Å². The monoisotopic (exact) mass is 254 g/mol. The number of nitrogens with zero attached hydrogens (tertiary/aromatic N) is 3. The summed E-state index contributed by atoms with van der Waals surface area (Å²) in [5, 5.41) is 11.9. The average molecular weight is 254 g/mol. The Labute approximate surface area is 110 Å². The highest BCUT2D eigenvalue weighted by Crippen LogP contribution is 2.22. The fraction of sp³-hybridized carbons (Fsp3) is 0.143. The molecule has 2 N–H and O–H groups in total. The van der Waals surface area contributed by atoms with Gasteiger partial charge in [-0.05, 0) is 0 Å². The smallest absolute Gasteiger partial charge is 0.180 e. The van der Waals surface area contributed by atoms with Crippen molar-refractivity contribution in [3.05, 3.63) is 48.9 Å². The zero-order valence-electron chi connectivity index (χ0n) is 10.3. The summed E-state index contributed by atoms with van der Waals surface area (Å²) in [6, 6.07) is 10.1. The molecule has 2 aromatic heterocycles. The number of imidazole rings is 1. The first-order valence-electron chi connectivity index (χ1n) is 6.12. The lowest BCUT2D eigenvalue weighted by atomic mass is 10.2. The van der Waals surface area contributed by atoms with Crippen LogP contribution in [0.25, 0.3) is 16.9 Å². The molecule has 0 amide bonds. The summed E-state index contributed by atoms with van der Waals surface area (Å²) in [6.45, 7) is 0.523. The fourth-order valence-electron chi connectivity index (χ4n) is 2.04. The third-order valence-electron chi connectivity index (χ3n) is 2.90. The van der Waals surface area contributed by atoms with Crippen molar-refractivity contribution in [3.8, 4) is 11.3 Å². The Morgan fingerprint density at radius 1 is 1.16 bits per heavy atom. The summed E-state index contributed by atoms with van der Waals surface area (Å²) in [5.74, 6) is 0.679. The average Bonchev–Trinajstić information content (AvgIpc) is 2.90. The zero-order valence-corrected chi connectivity index (χ0v) is 10.3. The van der Waals surface area contributed by atoms with Crippen LogP contribution < -0.4 is 5.32 Å². The van der Waals surface area contributed by atoms with Crippen molar-refractivity contribution in [1.29, 1.82) is 0 Å². The molecule has 1 aromatic carbocycles. The normalized spacial score (nSPS) is 10.8. The van der Waals surface area contributed by atoms with Crippen LogP contribution >= 0.6 is 0 Å². The van der Waals surface area contributed by atoms with Crippen LogP contribution in [0.4, 0.5) is 5.82 Å². The molecule has 5 heteroatoms. The summed E-state index contributed by atoms with van der Waals surface area (Å²) in [5.41, 5.74) is 2.88. The van der Waals surface area contributed by atoms with Crippen LogP contribution in [0.1, 0.15) is 0 Å². The Morgan fingerprint density at radius 3 is 2.79 bits per heavy atom. The SMILES string of the molecule is OCCNc1nccn2c(-c3ccccc3)cnc12. The van der Waals surface area contributed by atoms with Crippen molar-refractivity contribution < 1.29 is 5.11 Å². The van der Waals surface area contributed by atoms with E-state index < -0.39 is 0 Å². The quantitative estimate of drug-likeness (QED) is 0.745. The number of anilines is 1. The molecule has 3 aromatic rings. The highest BCUT2D eigenvalue weighted by atomic mass is 16.3. The second-order valence-electron chi connectivity index (χ2n) is 4.13. The molecule has 2 heterocycles.